The first-order valence-corrected chi connectivity index (χ1v) is 5.40. The van der Waals surface area contributed by atoms with Gasteiger partial charge in [-0.2, -0.15) is 17.8 Å². The monoisotopic (exact) mass is 230 g/mol. The van der Waals surface area contributed by atoms with E-state index in [2.05, 4.69) is 9.17 Å². The smallest absolute Gasteiger partial charge is 0.286 e. The molecular formula is C8H7FN2O3S. The van der Waals surface area contributed by atoms with Gasteiger partial charge in [-0.25, -0.2) is 0 Å². The zero-order valence-corrected chi connectivity index (χ0v) is 8.53. The second-order valence-corrected chi connectivity index (χ2v) is 4.39. The molecule has 0 aromatic carbocycles. The summed E-state index contributed by atoms with van der Waals surface area (Å²) >= 11 is 0. The summed E-state index contributed by atoms with van der Waals surface area (Å²) in [5.74, 6) is -1.07. The maximum Gasteiger partial charge on any atom is 0.317 e. The maximum absolute atomic E-state index is 13.3. The van der Waals surface area contributed by atoms with E-state index in [1.807, 2.05) is 0 Å². The average Bonchev–Trinajstić information content (AvgIpc) is 2.54. The molecule has 0 saturated heterocycles. The first-order chi connectivity index (χ1) is 7.06. The zero-order valence-electron chi connectivity index (χ0n) is 7.71. The lowest BCUT2D eigenvalue weighted by atomic mass is 10.5. The second-order valence-electron chi connectivity index (χ2n) is 2.76. The molecule has 0 aliphatic carbocycles. The van der Waals surface area contributed by atoms with Gasteiger partial charge in [0, 0.05) is 6.20 Å². The molecule has 0 fully saturated rings. The van der Waals surface area contributed by atoms with Crippen molar-refractivity contribution in [2.45, 2.75) is 5.03 Å². The molecule has 15 heavy (non-hydrogen) atoms. The summed E-state index contributed by atoms with van der Waals surface area (Å²) in [6.45, 7) is 0. The van der Waals surface area contributed by atoms with Crippen molar-refractivity contribution in [2.75, 3.05) is 7.11 Å². The molecule has 0 spiro atoms. The van der Waals surface area contributed by atoms with Crippen LogP contribution < -0.4 is 0 Å². The van der Waals surface area contributed by atoms with Crippen LogP contribution in [0.2, 0.25) is 0 Å². The van der Waals surface area contributed by atoms with Gasteiger partial charge in [0.05, 0.1) is 7.11 Å². The SMILES string of the molecule is COS(=O)(=O)c1c(F)nc2ccccn12. The highest BCUT2D eigenvalue weighted by Crippen LogP contribution is 2.17. The second kappa shape index (κ2) is 3.28. The molecule has 2 heterocycles. The van der Waals surface area contributed by atoms with Gasteiger partial charge >= 0.3 is 10.1 Å². The summed E-state index contributed by atoms with van der Waals surface area (Å²) in [6.07, 6.45) is 1.40. The Morgan fingerprint density at radius 2 is 2.20 bits per heavy atom. The van der Waals surface area contributed by atoms with E-state index in [9.17, 15) is 12.8 Å². The number of hydrogen-bond donors (Lipinski definition) is 0. The lowest BCUT2D eigenvalue weighted by Gasteiger charge is -2.00. The summed E-state index contributed by atoms with van der Waals surface area (Å²) in [6, 6.07) is 4.70. The van der Waals surface area contributed by atoms with Crippen LogP contribution in [0.15, 0.2) is 29.4 Å². The van der Waals surface area contributed by atoms with Crippen molar-refractivity contribution in [3.8, 4) is 0 Å². The van der Waals surface area contributed by atoms with Crippen LogP contribution in [0.1, 0.15) is 0 Å². The summed E-state index contributed by atoms with van der Waals surface area (Å²) < 4.78 is 41.4. The third kappa shape index (κ3) is 1.49. The van der Waals surface area contributed by atoms with E-state index in [4.69, 9.17) is 0 Å². The zero-order chi connectivity index (χ0) is 11.1. The minimum absolute atomic E-state index is 0.214. The fraction of sp³-hybridized carbons (Fsp3) is 0.125. The Balaban J connectivity index is 2.87. The first kappa shape index (κ1) is 10.1. The van der Waals surface area contributed by atoms with Crippen LogP contribution in [0.25, 0.3) is 5.65 Å². The van der Waals surface area contributed by atoms with Crippen LogP contribution in [0.5, 0.6) is 0 Å². The fourth-order valence-corrected chi connectivity index (χ4v) is 2.05. The standard InChI is InChI=1S/C8H7FN2O3S/c1-14-15(12,13)8-7(9)10-6-4-2-3-5-11(6)8/h2-5H,1H3. The molecule has 0 aliphatic heterocycles. The lowest BCUT2D eigenvalue weighted by Crippen LogP contribution is -2.08. The summed E-state index contributed by atoms with van der Waals surface area (Å²) in [5, 5.41) is -0.583. The van der Waals surface area contributed by atoms with Crippen LogP contribution in [0.3, 0.4) is 0 Å². The largest absolute Gasteiger partial charge is 0.317 e. The highest BCUT2D eigenvalue weighted by molar-refractivity contribution is 7.86. The predicted octanol–water partition coefficient (Wildman–Crippen LogP) is 0.808. The van der Waals surface area contributed by atoms with E-state index in [0.717, 1.165) is 11.5 Å². The molecule has 2 rings (SSSR count). The average molecular weight is 230 g/mol. The molecule has 0 unspecified atom stereocenters. The number of pyridine rings is 1. The number of hydrogen-bond acceptors (Lipinski definition) is 4. The molecule has 0 radical (unpaired) electrons. The van der Waals surface area contributed by atoms with Crippen LogP contribution in [0, 0.1) is 5.95 Å². The van der Waals surface area contributed by atoms with E-state index in [-0.39, 0.29) is 5.65 Å². The number of halogens is 1. The normalized spacial score (nSPS) is 12.1. The predicted molar refractivity (Wildman–Crippen MR) is 49.3 cm³/mol. The van der Waals surface area contributed by atoms with Crippen molar-refractivity contribution in [3.05, 3.63) is 30.3 Å². The molecule has 0 atom stereocenters. The van der Waals surface area contributed by atoms with Crippen LogP contribution >= 0.6 is 0 Å². The summed E-state index contributed by atoms with van der Waals surface area (Å²) in [4.78, 5) is 3.46. The van der Waals surface area contributed by atoms with Gasteiger partial charge in [-0.3, -0.25) is 8.58 Å². The summed E-state index contributed by atoms with van der Waals surface area (Å²) in [7, 11) is -3.12. The van der Waals surface area contributed by atoms with Crippen molar-refractivity contribution < 1.29 is 17.0 Å². The topological polar surface area (TPSA) is 60.7 Å². The van der Waals surface area contributed by atoms with Gasteiger partial charge in [-0.15, -0.1) is 0 Å². The van der Waals surface area contributed by atoms with Crippen molar-refractivity contribution in [2.24, 2.45) is 0 Å². The Bertz CT molecular complexity index is 605. The van der Waals surface area contributed by atoms with Crippen LogP contribution in [0.4, 0.5) is 4.39 Å². The van der Waals surface area contributed by atoms with Crippen molar-refractivity contribution in [1.29, 1.82) is 0 Å². The van der Waals surface area contributed by atoms with Gasteiger partial charge in [0.15, 0.2) is 0 Å². The third-order valence-electron chi connectivity index (χ3n) is 1.90. The van der Waals surface area contributed by atoms with Gasteiger partial charge in [0.25, 0.3) is 5.95 Å². The molecule has 0 aliphatic rings. The molecule has 0 N–H and O–H groups in total. The molecule has 0 bridgehead atoms. The minimum atomic E-state index is -4.09. The Morgan fingerprint density at radius 3 is 2.87 bits per heavy atom. The van der Waals surface area contributed by atoms with Crippen LogP contribution in [-0.4, -0.2) is 24.9 Å². The molecule has 2 aromatic heterocycles. The first-order valence-electron chi connectivity index (χ1n) is 3.99. The quantitative estimate of drug-likeness (QED) is 0.716. The highest BCUT2D eigenvalue weighted by Gasteiger charge is 2.25. The number of fused-ring (bicyclic) bond motifs is 1. The van der Waals surface area contributed by atoms with E-state index < -0.39 is 21.1 Å². The van der Waals surface area contributed by atoms with Gasteiger partial charge in [0.2, 0.25) is 5.03 Å². The molecule has 80 valence electrons. The van der Waals surface area contributed by atoms with E-state index >= 15 is 0 Å². The van der Waals surface area contributed by atoms with Gasteiger partial charge in [-0.1, -0.05) is 6.07 Å². The van der Waals surface area contributed by atoms with Gasteiger partial charge < -0.3 is 0 Å². The fourth-order valence-electron chi connectivity index (χ4n) is 1.25. The number of rotatable bonds is 2. The van der Waals surface area contributed by atoms with Crippen molar-refractivity contribution in [1.82, 2.24) is 9.38 Å². The number of imidazole rings is 1. The van der Waals surface area contributed by atoms with Gasteiger partial charge in [-0.05, 0) is 12.1 Å². The van der Waals surface area contributed by atoms with Crippen LogP contribution in [-0.2, 0) is 14.3 Å². The Hall–Kier alpha value is -1.47. The van der Waals surface area contributed by atoms with E-state index in [1.165, 1.54) is 12.3 Å². The number of aromatic nitrogens is 2. The molecule has 7 heteroatoms. The Morgan fingerprint density at radius 1 is 1.47 bits per heavy atom. The molecule has 5 nitrogen and oxygen atoms in total. The molecule has 2 aromatic rings. The Labute approximate surface area is 85.2 Å². The van der Waals surface area contributed by atoms with Gasteiger partial charge in [0.1, 0.15) is 5.65 Å². The van der Waals surface area contributed by atoms with E-state index in [0.29, 0.717) is 0 Å². The highest BCUT2D eigenvalue weighted by atomic mass is 32.2. The molecule has 0 saturated carbocycles. The van der Waals surface area contributed by atoms with Crippen molar-refractivity contribution in [3.63, 3.8) is 0 Å². The molecule has 0 amide bonds. The van der Waals surface area contributed by atoms with E-state index in [1.54, 1.807) is 12.1 Å². The third-order valence-corrected chi connectivity index (χ3v) is 3.18. The van der Waals surface area contributed by atoms with Crippen molar-refractivity contribution >= 4 is 15.8 Å². The molecular weight excluding hydrogens is 223 g/mol. The Kier molecular flexibility index (Phi) is 2.20. The number of nitrogens with zero attached hydrogens (tertiary/aromatic N) is 2. The lowest BCUT2D eigenvalue weighted by molar-refractivity contribution is 0.388. The minimum Gasteiger partial charge on any atom is -0.286 e. The summed E-state index contributed by atoms with van der Waals surface area (Å²) in [5.41, 5.74) is 0.214. The maximum atomic E-state index is 13.3.